The molecule has 106 valence electrons. The first-order valence-electron chi connectivity index (χ1n) is 6.74. The Morgan fingerprint density at radius 1 is 1.58 bits per heavy atom. The van der Waals surface area contributed by atoms with E-state index in [1.54, 1.807) is 0 Å². The monoisotopic (exact) mass is 282 g/mol. The molecule has 2 N–H and O–H groups in total. The van der Waals surface area contributed by atoms with E-state index < -0.39 is 0 Å². The van der Waals surface area contributed by atoms with Gasteiger partial charge in [-0.2, -0.15) is 0 Å². The molecule has 0 radical (unpaired) electrons. The van der Waals surface area contributed by atoms with Crippen molar-refractivity contribution in [1.29, 1.82) is 0 Å². The van der Waals surface area contributed by atoms with Gasteiger partial charge in [-0.15, -0.1) is 11.3 Å². The Hall–Kier alpha value is -0.910. The Morgan fingerprint density at radius 3 is 3.11 bits per heavy atom. The molecule has 1 aromatic heterocycles. The van der Waals surface area contributed by atoms with Crippen molar-refractivity contribution >= 4 is 17.3 Å². The topological polar surface area (TPSA) is 55.6 Å². The fourth-order valence-corrected chi connectivity index (χ4v) is 3.56. The molecule has 0 spiro atoms. The lowest BCUT2D eigenvalue weighted by molar-refractivity contribution is -0.141. The number of esters is 1. The van der Waals surface area contributed by atoms with E-state index in [9.17, 15) is 4.79 Å². The zero-order valence-electron chi connectivity index (χ0n) is 11.4. The van der Waals surface area contributed by atoms with Crippen LogP contribution >= 0.6 is 11.3 Å². The number of carbonyl (C=O) groups is 1. The van der Waals surface area contributed by atoms with Crippen molar-refractivity contribution in [3.8, 4) is 0 Å². The first-order valence-corrected chi connectivity index (χ1v) is 7.62. The summed E-state index contributed by atoms with van der Waals surface area (Å²) in [5.74, 6) is 0.453. The molecule has 1 aromatic rings. The summed E-state index contributed by atoms with van der Waals surface area (Å²) in [5, 5.41) is 2.12. The number of rotatable bonds is 5. The molecule has 0 amide bonds. The molecule has 1 fully saturated rings. The fraction of sp³-hybridized carbons (Fsp3) is 0.643. The van der Waals surface area contributed by atoms with Crippen LogP contribution in [0.2, 0.25) is 0 Å². The third kappa shape index (κ3) is 4.60. The summed E-state index contributed by atoms with van der Waals surface area (Å²) in [5.41, 5.74) is 6.13. The van der Waals surface area contributed by atoms with Crippen molar-refractivity contribution in [1.82, 2.24) is 4.90 Å². The molecular formula is C14H22N2O2S. The predicted molar refractivity (Wildman–Crippen MR) is 77.2 cm³/mol. The van der Waals surface area contributed by atoms with Gasteiger partial charge in [0.05, 0.1) is 13.5 Å². The van der Waals surface area contributed by atoms with Crippen LogP contribution in [0, 0.1) is 5.92 Å². The number of methoxy groups -OCH3 is 1. The zero-order chi connectivity index (χ0) is 13.7. The highest BCUT2D eigenvalue weighted by Gasteiger charge is 2.25. The van der Waals surface area contributed by atoms with E-state index >= 15 is 0 Å². The zero-order valence-corrected chi connectivity index (χ0v) is 12.2. The van der Waals surface area contributed by atoms with E-state index in [4.69, 9.17) is 5.73 Å². The normalized spacial score (nSPS) is 24.3. The van der Waals surface area contributed by atoms with E-state index in [1.165, 1.54) is 12.0 Å². The Balaban J connectivity index is 1.83. The van der Waals surface area contributed by atoms with Gasteiger partial charge >= 0.3 is 5.97 Å². The Labute approximate surface area is 118 Å². The fourth-order valence-electron chi connectivity index (χ4n) is 2.74. The molecule has 2 rings (SSSR count). The molecule has 5 heteroatoms. The van der Waals surface area contributed by atoms with Gasteiger partial charge in [0.2, 0.25) is 0 Å². The number of ether oxygens (including phenoxy) is 1. The lowest BCUT2D eigenvalue weighted by Gasteiger charge is -2.36. The maximum Gasteiger partial charge on any atom is 0.306 e. The van der Waals surface area contributed by atoms with Gasteiger partial charge < -0.3 is 15.4 Å². The molecule has 0 bridgehead atoms. The minimum absolute atomic E-state index is 0.144. The van der Waals surface area contributed by atoms with Crippen molar-refractivity contribution in [3.05, 3.63) is 22.4 Å². The van der Waals surface area contributed by atoms with E-state index in [1.807, 2.05) is 11.3 Å². The van der Waals surface area contributed by atoms with E-state index in [0.29, 0.717) is 12.3 Å². The van der Waals surface area contributed by atoms with E-state index in [-0.39, 0.29) is 12.0 Å². The predicted octanol–water partition coefficient (Wildman–Crippen LogP) is 1.50. The van der Waals surface area contributed by atoms with Crippen molar-refractivity contribution in [2.24, 2.45) is 11.7 Å². The molecule has 19 heavy (non-hydrogen) atoms. The van der Waals surface area contributed by atoms with Gasteiger partial charge in [-0.05, 0) is 30.2 Å². The van der Waals surface area contributed by atoms with Gasteiger partial charge in [0.1, 0.15) is 0 Å². The highest BCUT2D eigenvalue weighted by Crippen LogP contribution is 2.22. The van der Waals surface area contributed by atoms with Crippen LogP contribution in [0.4, 0.5) is 0 Å². The molecule has 0 saturated carbocycles. The van der Waals surface area contributed by atoms with Gasteiger partial charge in [-0.3, -0.25) is 4.79 Å². The van der Waals surface area contributed by atoms with Crippen LogP contribution in [0.3, 0.4) is 0 Å². The van der Waals surface area contributed by atoms with Gasteiger partial charge in [0.25, 0.3) is 0 Å². The van der Waals surface area contributed by atoms with Crippen LogP contribution in [0.5, 0.6) is 0 Å². The van der Waals surface area contributed by atoms with Gasteiger partial charge in [0.15, 0.2) is 0 Å². The summed E-state index contributed by atoms with van der Waals surface area (Å²) in [4.78, 5) is 14.9. The van der Waals surface area contributed by atoms with Crippen LogP contribution in [-0.2, 0) is 16.0 Å². The number of hydrogen-bond donors (Lipinski definition) is 1. The first kappa shape index (κ1) is 14.5. The van der Waals surface area contributed by atoms with Crippen molar-refractivity contribution in [3.63, 3.8) is 0 Å². The minimum Gasteiger partial charge on any atom is -0.469 e. The molecule has 0 aromatic carbocycles. The summed E-state index contributed by atoms with van der Waals surface area (Å²) in [7, 11) is 1.43. The van der Waals surface area contributed by atoms with Gasteiger partial charge in [0, 0.05) is 30.6 Å². The molecule has 2 heterocycles. The van der Waals surface area contributed by atoms with Crippen molar-refractivity contribution < 1.29 is 9.53 Å². The average molecular weight is 282 g/mol. The number of nitrogens with zero attached hydrogens (tertiary/aromatic N) is 1. The van der Waals surface area contributed by atoms with Crippen LogP contribution in [0.1, 0.15) is 17.7 Å². The van der Waals surface area contributed by atoms with E-state index in [0.717, 1.165) is 32.5 Å². The highest BCUT2D eigenvalue weighted by atomic mass is 32.1. The molecule has 1 aliphatic heterocycles. The standard InChI is InChI=1S/C14H22N2O2S/c1-18-14(17)4-5-16-9-11(7-12(15)10-16)8-13-3-2-6-19-13/h2-3,6,11-12H,4-5,7-10,15H2,1H3. The second-order valence-corrected chi connectivity index (χ2v) is 6.26. The number of piperidine rings is 1. The third-order valence-electron chi connectivity index (χ3n) is 3.57. The summed E-state index contributed by atoms with van der Waals surface area (Å²) >= 11 is 1.81. The maximum atomic E-state index is 11.2. The molecule has 1 saturated heterocycles. The average Bonchev–Trinajstić information content (AvgIpc) is 2.88. The number of nitrogens with two attached hydrogens (primary N) is 1. The summed E-state index contributed by atoms with van der Waals surface area (Å²) in [6.07, 6.45) is 2.63. The number of hydrogen-bond acceptors (Lipinski definition) is 5. The second-order valence-electron chi connectivity index (χ2n) is 5.23. The SMILES string of the molecule is COC(=O)CCN1CC(N)CC(Cc2cccs2)C1. The number of carbonyl (C=O) groups excluding carboxylic acids is 1. The van der Waals surface area contributed by atoms with Gasteiger partial charge in [-0.1, -0.05) is 6.07 Å². The van der Waals surface area contributed by atoms with Crippen LogP contribution in [-0.4, -0.2) is 43.7 Å². The van der Waals surface area contributed by atoms with Crippen LogP contribution < -0.4 is 5.73 Å². The summed E-state index contributed by atoms with van der Waals surface area (Å²) in [6.45, 7) is 2.67. The quantitative estimate of drug-likeness (QED) is 0.832. The van der Waals surface area contributed by atoms with Crippen LogP contribution in [0.15, 0.2) is 17.5 Å². The Morgan fingerprint density at radius 2 is 2.42 bits per heavy atom. The smallest absolute Gasteiger partial charge is 0.306 e. The van der Waals surface area contributed by atoms with Crippen molar-refractivity contribution in [2.75, 3.05) is 26.7 Å². The third-order valence-corrected chi connectivity index (χ3v) is 4.47. The summed E-state index contributed by atoms with van der Waals surface area (Å²) in [6, 6.07) is 4.50. The lowest BCUT2D eigenvalue weighted by Crippen LogP contribution is -2.48. The van der Waals surface area contributed by atoms with E-state index in [2.05, 4.69) is 27.1 Å². The molecule has 0 aliphatic carbocycles. The molecular weight excluding hydrogens is 260 g/mol. The van der Waals surface area contributed by atoms with Gasteiger partial charge in [-0.25, -0.2) is 0 Å². The summed E-state index contributed by atoms with van der Waals surface area (Å²) < 4.78 is 4.68. The molecule has 2 atom stereocenters. The first-order chi connectivity index (χ1) is 9.17. The Bertz CT molecular complexity index is 394. The molecule has 2 unspecified atom stereocenters. The second kappa shape index (κ2) is 7.03. The Kier molecular flexibility index (Phi) is 5.36. The van der Waals surface area contributed by atoms with Crippen LogP contribution in [0.25, 0.3) is 0 Å². The number of likely N-dealkylation sites (tertiary alicyclic amines) is 1. The number of thiophene rings is 1. The maximum absolute atomic E-state index is 11.2. The highest BCUT2D eigenvalue weighted by molar-refractivity contribution is 7.09. The largest absolute Gasteiger partial charge is 0.469 e. The minimum atomic E-state index is -0.144. The lowest BCUT2D eigenvalue weighted by atomic mass is 9.91. The molecule has 1 aliphatic rings. The van der Waals surface area contributed by atoms with Crippen molar-refractivity contribution in [2.45, 2.75) is 25.3 Å². The molecule has 4 nitrogen and oxygen atoms in total.